The molecule has 0 saturated carbocycles. The molecule has 1 atom stereocenters. The number of hydrogen-bond donors (Lipinski definition) is 2. The molecule has 0 aliphatic rings. The van der Waals surface area contributed by atoms with Crippen LogP contribution in [-0.4, -0.2) is 18.3 Å². The quantitative estimate of drug-likeness (QED) is 0.800. The van der Waals surface area contributed by atoms with E-state index >= 15 is 0 Å². The van der Waals surface area contributed by atoms with Gasteiger partial charge in [-0.1, -0.05) is 17.7 Å². The van der Waals surface area contributed by atoms with Gasteiger partial charge in [-0.3, -0.25) is 0 Å². The standard InChI is InChI=1S/C14H23NO/c1-10-6-11(2)14(12(3)7-10)5-4-13(8-15)9-16/h6-7,13,16H,4-5,8-9,15H2,1-3H3. The van der Waals surface area contributed by atoms with E-state index in [0.29, 0.717) is 6.54 Å². The molecule has 90 valence electrons. The largest absolute Gasteiger partial charge is 0.396 e. The van der Waals surface area contributed by atoms with Crippen LogP contribution in [0.15, 0.2) is 12.1 Å². The number of aliphatic hydroxyl groups is 1. The third kappa shape index (κ3) is 3.32. The highest BCUT2D eigenvalue weighted by atomic mass is 16.3. The van der Waals surface area contributed by atoms with E-state index in [2.05, 4.69) is 32.9 Å². The Hall–Kier alpha value is -0.860. The van der Waals surface area contributed by atoms with Crippen LogP contribution in [0.25, 0.3) is 0 Å². The minimum atomic E-state index is 0.195. The average molecular weight is 221 g/mol. The van der Waals surface area contributed by atoms with Gasteiger partial charge in [0, 0.05) is 6.61 Å². The first kappa shape index (κ1) is 13.2. The van der Waals surface area contributed by atoms with Gasteiger partial charge < -0.3 is 10.8 Å². The van der Waals surface area contributed by atoms with Crippen molar-refractivity contribution >= 4 is 0 Å². The maximum atomic E-state index is 9.11. The third-order valence-corrected chi connectivity index (χ3v) is 3.23. The van der Waals surface area contributed by atoms with Crippen LogP contribution in [-0.2, 0) is 6.42 Å². The van der Waals surface area contributed by atoms with Gasteiger partial charge in [-0.05, 0) is 62.8 Å². The molecule has 0 bridgehead atoms. The highest BCUT2D eigenvalue weighted by molar-refractivity contribution is 5.37. The van der Waals surface area contributed by atoms with E-state index in [4.69, 9.17) is 10.8 Å². The molecule has 1 unspecified atom stereocenters. The first-order valence-electron chi connectivity index (χ1n) is 5.96. The van der Waals surface area contributed by atoms with Crippen LogP contribution >= 0.6 is 0 Å². The van der Waals surface area contributed by atoms with Crippen molar-refractivity contribution < 1.29 is 5.11 Å². The van der Waals surface area contributed by atoms with Crippen molar-refractivity contribution in [2.75, 3.05) is 13.2 Å². The number of hydrogen-bond acceptors (Lipinski definition) is 2. The summed E-state index contributed by atoms with van der Waals surface area (Å²) in [7, 11) is 0. The van der Waals surface area contributed by atoms with Crippen molar-refractivity contribution in [3.8, 4) is 0 Å². The molecular formula is C14H23NO. The van der Waals surface area contributed by atoms with Crippen molar-refractivity contribution in [1.29, 1.82) is 0 Å². The molecule has 2 heteroatoms. The van der Waals surface area contributed by atoms with Crippen molar-refractivity contribution in [1.82, 2.24) is 0 Å². The molecule has 3 N–H and O–H groups in total. The van der Waals surface area contributed by atoms with Gasteiger partial charge in [-0.2, -0.15) is 0 Å². The normalized spacial score (nSPS) is 12.8. The molecule has 1 aromatic carbocycles. The summed E-state index contributed by atoms with van der Waals surface area (Å²) < 4.78 is 0. The Morgan fingerprint density at radius 1 is 1.19 bits per heavy atom. The average Bonchev–Trinajstić information content (AvgIpc) is 2.22. The van der Waals surface area contributed by atoms with E-state index in [1.165, 1.54) is 22.3 Å². The number of rotatable bonds is 5. The third-order valence-electron chi connectivity index (χ3n) is 3.23. The first-order valence-corrected chi connectivity index (χ1v) is 5.96. The second kappa shape index (κ2) is 6.02. The van der Waals surface area contributed by atoms with E-state index in [0.717, 1.165) is 12.8 Å². The lowest BCUT2D eigenvalue weighted by Gasteiger charge is -2.15. The molecule has 0 aliphatic heterocycles. The zero-order chi connectivity index (χ0) is 12.1. The van der Waals surface area contributed by atoms with Crippen molar-refractivity contribution in [3.63, 3.8) is 0 Å². The molecule has 0 spiro atoms. The molecule has 2 nitrogen and oxygen atoms in total. The zero-order valence-corrected chi connectivity index (χ0v) is 10.6. The summed E-state index contributed by atoms with van der Waals surface area (Å²) in [6.45, 7) is 7.21. The van der Waals surface area contributed by atoms with Gasteiger partial charge in [0.25, 0.3) is 0 Å². The van der Waals surface area contributed by atoms with Gasteiger partial charge in [0.2, 0.25) is 0 Å². The summed E-state index contributed by atoms with van der Waals surface area (Å²) >= 11 is 0. The Labute approximate surface area is 98.5 Å². The second-order valence-electron chi connectivity index (χ2n) is 4.70. The Morgan fingerprint density at radius 2 is 1.75 bits per heavy atom. The lowest BCUT2D eigenvalue weighted by molar-refractivity contribution is 0.223. The molecular weight excluding hydrogens is 198 g/mol. The van der Waals surface area contributed by atoms with Crippen molar-refractivity contribution in [2.45, 2.75) is 33.6 Å². The summed E-state index contributed by atoms with van der Waals surface area (Å²) in [6.07, 6.45) is 1.98. The molecule has 0 fully saturated rings. The fourth-order valence-electron chi connectivity index (χ4n) is 2.24. The van der Waals surface area contributed by atoms with Gasteiger partial charge in [0.05, 0.1) is 0 Å². The van der Waals surface area contributed by atoms with E-state index in [1.807, 2.05) is 0 Å². The number of aliphatic hydroxyl groups excluding tert-OH is 1. The van der Waals surface area contributed by atoms with E-state index in [1.54, 1.807) is 0 Å². The Bertz CT molecular complexity index is 320. The molecule has 1 aromatic rings. The van der Waals surface area contributed by atoms with Crippen LogP contribution in [0.5, 0.6) is 0 Å². The molecule has 0 aromatic heterocycles. The van der Waals surface area contributed by atoms with Crippen LogP contribution in [0.3, 0.4) is 0 Å². The maximum Gasteiger partial charge on any atom is 0.0471 e. The summed E-state index contributed by atoms with van der Waals surface area (Å²) in [5, 5.41) is 9.11. The van der Waals surface area contributed by atoms with Gasteiger partial charge >= 0.3 is 0 Å². The van der Waals surface area contributed by atoms with Gasteiger partial charge in [0.15, 0.2) is 0 Å². The van der Waals surface area contributed by atoms with Gasteiger partial charge in [-0.25, -0.2) is 0 Å². The maximum absolute atomic E-state index is 9.11. The van der Waals surface area contributed by atoms with Gasteiger partial charge in [-0.15, -0.1) is 0 Å². The van der Waals surface area contributed by atoms with Crippen LogP contribution < -0.4 is 5.73 Å². The molecule has 0 radical (unpaired) electrons. The number of aryl methyl sites for hydroxylation is 3. The highest BCUT2D eigenvalue weighted by Gasteiger charge is 2.08. The molecule has 0 saturated heterocycles. The summed E-state index contributed by atoms with van der Waals surface area (Å²) in [4.78, 5) is 0. The predicted octanol–water partition coefficient (Wildman–Crippen LogP) is 2.11. The Balaban J connectivity index is 2.74. The molecule has 1 rings (SSSR count). The smallest absolute Gasteiger partial charge is 0.0471 e. The van der Waals surface area contributed by atoms with Crippen molar-refractivity contribution in [2.24, 2.45) is 11.7 Å². The summed E-state index contributed by atoms with van der Waals surface area (Å²) in [5.41, 5.74) is 11.0. The second-order valence-corrected chi connectivity index (χ2v) is 4.70. The lowest BCUT2D eigenvalue weighted by atomic mass is 9.93. The van der Waals surface area contributed by atoms with E-state index < -0.39 is 0 Å². The summed E-state index contributed by atoms with van der Waals surface area (Å²) in [5.74, 6) is 0.236. The predicted molar refractivity (Wildman–Crippen MR) is 68.6 cm³/mol. The highest BCUT2D eigenvalue weighted by Crippen LogP contribution is 2.19. The van der Waals surface area contributed by atoms with Crippen LogP contribution in [0.4, 0.5) is 0 Å². The summed E-state index contributed by atoms with van der Waals surface area (Å²) in [6, 6.07) is 4.44. The minimum Gasteiger partial charge on any atom is -0.396 e. The molecule has 16 heavy (non-hydrogen) atoms. The fraction of sp³-hybridized carbons (Fsp3) is 0.571. The van der Waals surface area contributed by atoms with E-state index in [-0.39, 0.29) is 12.5 Å². The van der Waals surface area contributed by atoms with Crippen LogP contribution in [0.2, 0.25) is 0 Å². The lowest BCUT2D eigenvalue weighted by Crippen LogP contribution is -2.19. The minimum absolute atomic E-state index is 0.195. The molecule has 0 amide bonds. The van der Waals surface area contributed by atoms with Crippen molar-refractivity contribution in [3.05, 3.63) is 34.4 Å². The first-order chi connectivity index (χ1) is 7.58. The zero-order valence-electron chi connectivity index (χ0n) is 10.6. The molecule has 0 aliphatic carbocycles. The van der Waals surface area contributed by atoms with Crippen LogP contribution in [0, 0.1) is 26.7 Å². The SMILES string of the molecule is Cc1cc(C)c(CCC(CN)CO)c(C)c1. The Kier molecular flexibility index (Phi) is 4.97. The topological polar surface area (TPSA) is 46.2 Å². The Morgan fingerprint density at radius 3 is 2.19 bits per heavy atom. The van der Waals surface area contributed by atoms with E-state index in [9.17, 15) is 0 Å². The van der Waals surface area contributed by atoms with Crippen LogP contribution in [0.1, 0.15) is 28.7 Å². The number of benzene rings is 1. The number of nitrogens with two attached hydrogens (primary N) is 1. The van der Waals surface area contributed by atoms with Gasteiger partial charge in [0.1, 0.15) is 0 Å². The fourth-order valence-corrected chi connectivity index (χ4v) is 2.24. The monoisotopic (exact) mass is 221 g/mol. The molecule has 0 heterocycles.